The molecule has 0 aliphatic carbocycles. The third-order valence-corrected chi connectivity index (χ3v) is 3.01. The topological polar surface area (TPSA) is 52.5 Å². The molecule has 0 fully saturated rings. The Kier molecular flexibility index (Phi) is 2.96. The van der Waals surface area contributed by atoms with Gasteiger partial charge >= 0.3 is 0 Å². The zero-order valence-electron chi connectivity index (χ0n) is 11.2. The Balaban J connectivity index is 2.41. The van der Waals surface area contributed by atoms with E-state index in [0.29, 0.717) is 5.82 Å². The zero-order chi connectivity index (χ0) is 13.3. The highest BCUT2D eigenvalue weighted by Gasteiger charge is 2.14. The molecule has 0 aliphatic heterocycles. The van der Waals surface area contributed by atoms with E-state index in [2.05, 4.69) is 55.0 Å². The van der Waals surface area contributed by atoms with Crippen LogP contribution in [0.15, 0.2) is 24.3 Å². The highest BCUT2D eigenvalue weighted by atomic mass is 14.9. The van der Waals surface area contributed by atoms with Gasteiger partial charge in [0.25, 0.3) is 0 Å². The number of imidazole rings is 1. The highest BCUT2D eigenvalue weighted by molar-refractivity contribution is 5.63. The SMILES string of the molecule is Cc1[nH]c(C#N)nc1-c1ccc(C(C)(C)C)cc1. The van der Waals surface area contributed by atoms with Gasteiger partial charge in [-0.25, -0.2) is 4.98 Å². The van der Waals surface area contributed by atoms with Gasteiger partial charge in [0, 0.05) is 11.3 Å². The molecule has 0 spiro atoms. The van der Waals surface area contributed by atoms with Crippen molar-refractivity contribution >= 4 is 0 Å². The molecule has 0 amide bonds. The third kappa shape index (κ3) is 2.28. The Morgan fingerprint density at radius 1 is 1.17 bits per heavy atom. The maximum Gasteiger partial charge on any atom is 0.210 e. The predicted octanol–water partition coefficient (Wildman–Crippen LogP) is 3.55. The van der Waals surface area contributed by atoms with E-state index >= 15 is 0 Å². The fourth-order valence-corrected chi connectivity index (χ4v) is 1.92. The number of benzene rings is 1. The normalized spacial score (nSPS) is 11.3. The number of nitrogens with one attached hydrogen (secondary N) is 1. The number of aromatic amines is 1. The van der Waals surface area contributed by atoms with Crippen molar-refractivity contribution in [1.29, 1.82) is 5.26 Å². The van der Waals surface area contributed by atoms with Crippen LogP contribution >= 0.6 is 0 Å². The summed E-state index contributed by atoms with van der Waals surface area (Å²) >= 11 is 0. The number of rotatable bonds is 1. The quantitative estimate of drug-likeness (QED) is 0.827. The van der Waals surface area contributed by atoms with Crippen molar-refractivity contribution in [3.8, 4) is 17.3 Å². The Labute approximate surface area is 107 Å². The van der Waals surface area contributed by atoms with Crippen LogP contribution in [0.2, 0.25) is 0 Å². The molecular formula is C15H17N3. The van der Waals surface area contributed by atoms with Gasteiger partial charge in [0.1, 0.15) is 6.07 Å². The number of hydrogen-bond acceptors (Lipinski definition) is 2. The van der Waals surface area contributed by atoms with E-state index in [1.54, 1.807) is 0 Å². The van der Waals surface area contributed by atoms with Crippen LogP contribution in [0.3, 0.4) is 0 Å². The summed E-state index contributed by atoms with van der Waals surface area (Å²) in [7, 11) is 0. The van der Waals surface area contributed by atoms with E-state index in [9.17, 15) is 0 Å². The maximum atomic E-state index is 8.83. The first-order valence-electron chi connectivity index (χ1n) is 5.99. The Bertz CT molecular complexity index is 592. The molecular weight excluding hydrogens is 222 g/mol. The van der Waals surface area contributed by atoms with Gasteiger partial charge in [-0.2, -0.15) is 5.26 Å². The van der Waals surface area contributed by atoms with Crippen molar-refractivity contribution in [2.75, 3.05) is 0 Å². The van der Waals surface area contributed by atoms with Gasteiger partial charge in [-0.1, -0.05) is 45.0 Å². The van der Waals surface area contributed by atoms with Crippen molar-refractivity contribution in [1.82, 2.24) is 9.97 Å². The first-order valence-corrected chi connectivity index (χ1v) is 5.99. The summed E-state index contributed by atoms with van der Waals surface area (Å²) < 4.78 is 0. The van der Waals surface area contributed by atoms with E-state index < -0.39 is 0 Å². The van der Waals surface area contributed by atoms with E-state index in [0.717, 1.165) is 17.0 Å². The first kappa shape index (κ1) is 12.4. The van der Waals surface area contributed by atoms with Crippen molar-refractivity contribution < 1.29 is 0 Å². The van der Waals surface area contributed by atoms with Gasteiger partial charge in [0.15, 0.2) is 0 Å². The smallest absolute Gasteiger partial charge is 0.210 e. The highest BCUT2D eigenvalue weighted by Crippen LogP contribution is 2.26. The summed E-state index contributed by atoms with van der Waals surface area (Å²) in [5, 5.41) is 8.83. The molecule has 1 N–H and O–H groups in total. The summed E-state index contributed by atoms with van der Waals surface area (Å²) in [4.78, 5) is 7.24. The van der Waals surface area contributed by atoms with Crippen LogP contribution in [0, 0.1) is 18.3 Å². The number of aromatic nitrogens is 2. The second-order valence-corrected chi connectivity index (χ2v) is 5.50. The molecule has 0 atom stereocenters. The van der Waals surface area contributed by atoms with Crippen LogP contribution in [0.25, 0.3) is 11.3 Å². The summed E-state index contributed by atoms with van der Waals surface area (Å²) in [6, 6.07) is 10.4. The molecule has 3 heteroatoms. The number of nitrogens with zero attached hydrogens (tertiary/aromatic N) is 2. The lowest BCUT2D eigenvalue weighted by atomic mass is 9.86. The van der Waals surface area contributed by atoms with Crippen LogP contribution in [0.5, 0.6) is 0 Å². The minimum absolute atomic E-state index is 0.150. The molecule has 0 aliphatic rings. The largest absolute Gasteiger partial charge is 0.333 e. The van der Waals surface area contributed by atoms with E-state index in [4.69, 9.17) is 5.26 Å². The van der Waals surface area contributed by atoms with Gasteiger partial charge in [-0.3, -0.25) is 0 Å². The van der Waals surface area contributed by atoms with Gasteiger partial charge in [-0.05, 0) is 17.9 Å². The molecule has 2 rings (SSSR count). The molecule has 1 aromatic carbocycles. The van der Waals surface area contributed by atoms with Crippen molar-refractivity contribution in [3.05, 3.63) is 41.3 Å². The fourth-order valence-electron chi connectivity index (χ4n) is 1.92. The fraction of sp³-hybridized carbons (Fsp3) is 0.333. The summed E-state index contributed by atoms with van der Waals surface area (Å²) in [5.74, 6) is 0.363. The molecule has 0 saturated carbocycles. The molecule has 0 bridgehead atoms. The molecule has 18 heavy (non-hydrogen) atoms. The van der Waals surface area contributed by atoms with E-state index in [-0.39, 0.29) is 5.41 Å². The first-order chi connectivity index (χ1) is 8.41. The third-order valence-electron chi connectivity index (χ3n) is 3.01. The minimum atomic E-state index is 0.150. The molecule has 3 nitrogen and oxygen atoms in total. The van der Waals surface area contributed by atoms with Crippen molar-refractivity contribution in [2.24, 2.45) is 0 Å². The number of H-pyrrole nitrogens is 1. The predicted molar refractivity (Wildman–Crippen MR) is 72.2 cm³/mol. The minimum Gasteiger partial charge on any atom is -0.333 e. The van der Waals surface area contributed by atoms with Gasteiger partial charge in [-0.15, -0.1) is 0 Å². The van der Waals surface area contributed by atoms with Gasteiger partial charge in [0.2, 0.25) is 5.82 Å². The average molecular weight is 239 g/mol. The van der Waals surface area contributed by atoms with Gasteiger partial charge < -0.3 is 4.98 Å². The second kappa shape index (κ2) is 4.30. The van der Waals surface area contributed by atoms with Crippen molar-refractivity contribution in [3.63, 3.8) is 0 Å². The van der Waals surface area contributed by atoms with Crippen LogP contribution in [-0.2, 0) is 5.41 Å². The lowest BCUT2D eigenvalue weighted by molar-refractivity contribution is 0.590. The van der Waals surface area contributed by atoms with Crippen LogP contribution in [0.4, 0.5) is 0 Å². The molecule has 1 aromatic heterocycles. The summed E-state index contributed by atoms with van der Waals surface area (Å²) in [5.41, 5.74) is 4.26. The van der Waals surface area contributed by atoms with Crippen LogP contribution < -0.4 is 0 Å². The Hall–Kier alpha value is -2.08. The van der Waals surface area contributed by atoms with Crippen LogP contribution in [0.1, 0.15) is 37.9 Å². The molecule has 2 aromatic rings. The van der Waals surface area contributed by atoms with E-state index in [1.165, 1.54) is 5.56 Å². The lowest BCUT2D eigenvalue weighted by Crippen LogP contribution is -2.10. The van der Waals surface area contributed by atoms with Gasteiger partial charge in [0.05, 0.1) is 5.69 Å². The second-order valence-electron chi connectivity index (χ2n) is 5.50. The molecule has 0 unspecified atom stereocenters. The zero-order valence-corrected chi connectivity index (χ0v) is 11.2. The Morgan fingerprint density at radius 3 is 2.22 bits per heavy atom. The summed E-state index contributed by atoms with van der Waals surface area (Å²) in [6.45, 7) is 8.50. The monoisotopic (exact) mass is 239 g/mol. The average Bonchev–Trinajstić information content (AvgIpc) is 2.70. The Morgan fingerprint density at radius 2 is 1.78 bits per heavy atom. The van der Waals surface area contributed by atoms with E-state index in [1.807, 2.05) is 13.0 Å². The number of aryl methyl sites for hydroxylation is 1. The number of hydrogen-bond donors (Lipinski definition) is 1. The molecule has 92 valence electrons. The lowest BCUT2D eigenvalue weighted by Gasteiger charge is -2.19. The number of nitriles is 1. The maximum absolute atomic E-state index is 8.83. The molecule has 0 radical (unpaired) electrons. The standard InChI is InChI=1S/C15H17N3/c1-10-14(18-13(9-16)17-10)11-5-7-12(8-6-11)15(2,3)4/h5-8H,1-4H3,(H,17,18). The molecule has 0 saturated heterocycles. The molecule has 1 heterocycles. The van der Waals surface area contributed by atoms with Crippen LogP contribution in [-0.4, -0.2) is 9.97 Å². The summed E-state index contributed by atoms with van der Waals surface area (Å²) in [6.07, 6.45) is 0. The van der Waals surface area contributed by atoms with Crippen molar-refractivity contribution in [2.45, 2.75) is 33.1 Å².